The SMILES string of the molecule is CCc1nsc(Sc2nnc(Nc3ccccc3F)s2)n1. The molecule has 0 fully saturated rings. The summed E-state index contributed by atoms with van der Waals surface area (Å²) in [6.07, 6.45) is 0.813. The van der Waals surface area contributed by atoms with Crippen LogP contribution in [0.1, 0.15) is 12.7 Å². The number of aryl methyl sites for hydroxylation is 1. The molecule has 9 heteroatoms. The van der Waals surface area contributed by atoms with Gasteiger partial charge >= 0.3 is 0 Å². The Balaban J connectivity index is 1.70. The highest BCUT2D eigenvalue weighted by Gasteiger charge is 2.11. The molecule has 5 nitrogen and oxygen atoms in total. The predicted molar refractivity (Wildman–Crippen MR) is 83.0 cm³/mol. The number of hydrogen-bond acceptors (Lipinski definition) is 8. The fourth-order valence-corrected chi connectivity index (χ4v) is 4.14. The number of nitrogens with one attached hydrogen (secondary N) is 1. The van der Waals surface area contributed by atoms with Gasteiger partial charge in [-0.2, -0.15) is 4.37 Å². The number of aromatic nitrogens is 4. The van der Waals surface area contributed by atoms with Crippen LogP contribution >= 0.6 is 34.6 Å². The smallest absolute Gasteiger partial charge is 0.210 e. The van der Waals surface area contributed by atoms with E-state index in [1.54, 1.807) is 18.2 Å². The Morgan fingerprint density at radius 2 is 2.10 bits per heavy atom. The Morgan fingerprint density at radius 3 is 2.86 bits per heavy atom. The fourth-order valence-electron chi connectivity index (χ4n) is 1.48. The molecule has 2 aromatic heterocycles. The zero-order valence-corrected chi connectivity index (χ0v) is 13.4. The van der Waals surface area contributed by atoms with Crippen LogP contribution in [0.5, 0.6) is 0 Å². The Hall–Kier alpha value is -1.58. The zero-order chi connectivity index (χ0) is 14.7. The van der Waals surface area contributed by atoms with Gasteiger partial charge in [-0.15, -0.1) is 10.2 Å². The molecule has 0 saturated carbocycles. The van der Waals surface area contributed by atoms with E-state index in [1.807, 2.05) is 6.92 Å². The van der Waals surface area contributed by atoms with E-state index < -0.39 is 0 Å². The molecular formula is C12H10FN5S3. The second kappa shape index (κ2) is 6.46. The summed E-state index contributed by atoms with van der Waals surface area (Å²) in [5.74, 6) is 0.510. The molecule has 0 aliphatic rings. The maximum Gasteiger partial charge on any atom is 0.210 e. The largest absolute Gasteiger partial charge is 0.328 e. The van der Waals surface area contributed by atoms with Crippen molar-refractivity contribution < 1.29 is 4.39 Å². The molecule has 1 aromatic carbocycles. The molecular weight excluding hydrogens is 329 g/mol. The normalized spacial score (nSPS) is 10.8. The molecule has 21 heavy (non-hydrogen) atoms. The predicted octanol–water partition coefficient (Wildman–Crippen LogP) is 3.99. The second-order valence-corrected chi connectivity index (χ2v) is 7.13. The van der Waals surface area contributed by atoms with Gasteiger partial charge in [0.05, 0.1) is 5.69 Å². The average Bonchev–Trinajstić information content (AvgIpc) is 3.11. The van der Waals surface area contributed by atoms with Crippen molar-refractivity contribution in [3.8, 4) is 0 Å². The van der Waals surface area contributed by atoms with Gasteiger partial charge in [0, 0.05) is 6.42 Å². The molecule has 1 N–H and O–H groups in total. The number of para-hydroxylation sites is 1. The van der Waals surface area contributed by atoms with Gasteiger partial charge in [0.1, 0.15) is 11.6 Å². The van der Waals surface area contributed by atoms with Crippen molar-refractivity contribution in [2.75, 3.05) is 5.32 Å². The molecule has 3 rings (SSSR count). The number of rotatable bonds is 5. The minimum Gasteiger partial charge on any atom is -0.328 e. The second-order valence-electron chi connectivity index (χ2n) is 3.91. The fraction of sp³-hybridized carbons (Fsp3) is 0.167. The minimum atomic E-state index is -0.321. The third-order valence-electron chi connectivity index (χ3n) is 2.46. The van der Waals surface area contributed by atoms with E-state index in [9.17, 15) is 4.39 Å². The summed E-state index contributed by atoms with van der Waals surface area (Å²) in [7, 11) is 0. The van der Waals surface area contributed by atoms with E-state index in [0.717, 1.165) is 20.9 Å². The van der Waals surface area contributed by atoms with Crippen LogP contribution in [-0.4, -0.2) is 19.6 Å². The molecule has 0 spiro atoms. The van der Waals surface area contributed by atoms with Crippen molar-refractivity contribution in [2.45, 2.75) is 22.0 Å². The van der Waals surface area contributed by atoms with Crippen LogP contribution in [0.4, 0.5) is 15.2 Å². The molecule has 2 heterocycles. The van der Waals surface area contributed by atoms with Crippen molar-refractivity contribution in [3.05, 3.63) is 35.9 Å². The third kappa shape index (κ3) is 3.55. The lowest BCUT2D eigenvalue weighted by Gasteiger charge is -2.01. The molecule has 0 amide bonds. The molecule has 0 aliphatic carbocycles. The number of halogens is 1. The van der Waals surface area contributed by atoms with Crippen LogP contribution in [0.15, 0.2) is 32.9 Å². The molecule has 0 radical (unpaired) electrons. The van der Waals surface area contributed by atoms with Crippen molar-refractivity contribution in [1.29, 1.82) is 0 Å². The lowest BCUT2D eigenvalue weighted by molar-refractivity contribution is 0.632. The molecule has 0 aliphatic heterocycles. The topological polar surface area (TPSA) is 63.6 Å². The number of anilines is 2. The maximum atomic E-state index is 13.5. The Morgan fingerprint density at radius 1 is 1.24 bits per heavy atom. The number of hydrogen-bond donors (Lipinski definition) is 1. The van der Waals surface area contributed by atoms with Gasteiger partial charge in [0.15, 0.2) is 8.68 Å². The zero-order valence-electron chi connectivity index (χ0n) is 10.9. The molecule has 0 bridgehead atoms. The third-order valence-corrected chi connectivity index (χ3v) is 5.14. The van der Waals surface area contributed by atoms with Gasteiger partial charge < -0.3 is 5.32 Å². The summed E-state index contributed by atoms with van der Waals surface area (Å²) in [6, 6.07) is 6.45. The first-order valence-electron chi connectivity index (χ1n) is 6.10. The monoisotopic (exact) mass is 339 g/mol. The standard InChI is InChI=1S/C12H10FN5S3/c1-2-9-15-11(21-18-9)20-12-17-16-10(19-12)14-8-6-4-3-5-7(8)13/h3-6H,2H2,1H3,(H,14,16). The summed E-state index contributed by atoms with van der Waals surface area (Å²) < 4.78 is 19.3. The molecule has 0 saturated heterocycles. The van der Waals surface area contributed by atoms with Crippen LogP contribution < -0.4 is 5.32 Å². The number of benzene rings is 1. The van der Waals surface area contributed by atoms with E-state index in [-0.39, 0.29) is 5.82 Å². The van der Waals surface area contributed by atoms with E-state index in [0.29, 0.717) is 10.8 Å². The van der Waals surface area contributed by atoms with Gasteiger partial charge in [0.25, 0.3) is 0 Å². The van der Waals surface area contributed by atoms with Crippen molar-refractivity contribution >= 4 is 45.5 Å². The molecule has 108 valence electrons. The highest BCUT2D eigenvalue weighted by Crippen LogP contribution is 2.34. The summed E-state index contributed by atoms with van der Waals surface area (Å²) in [5, 5.41) is 11.5. The van der Waals surface area contributed by atoms with Crippen molar-refractivity contribution in [3.63, 3.8) is 0 Å². The Labute approximate surface area is 132 Å². The van der Waals surface area contributed by atoms with E-state index in [2.05, 4.69) is 24.9 Å². The van der Waals surface area contributed by atoms with Crippen molar-refractivity contribution in [2.24, 2.45) is 0 Å². The number of nitrogens with zero attached hydrogens (tertiary/aromatic N) is 4. The van der Waals surface area contributed by atoms with E-state index >= 15 is 0 Å². The van der Waals surface area contributed by atoms with Gasteiger partial charge in [0.2, 0.25) is 5.13 Å². The Bertz CT molecular complexity index is 742. The summed E-state index contributed by atoms with van der Waals surface area (Å²) in [5.41, 5.74) is 0.384. The van der Waals surface area contributed by atoms with Gasteiger partial charge in [-0.25, -0.2) is 9.37 Å². The Kier molecular flexibility index (Phi) is 4.42. The van der Waals surface area contributed by atoms with E-state index in [1.165, 1.54) is 40.7 Å². The first-order valence-corrected chi connectivity index (χ1v) is 8.50. The molecule has 0 unspecified atom stereocenters. The van der Waals surface area contributed by atoms with Crippen LogP contribution in [0, 0.1) is 5.82 Å². The lowest BCUT2D eigenvalue weighted by atomic mass is 10.3. The van der Waals surface area contributed by atoms with Crippen LogP contribution in [0.3, 0.4) is 0 Å². The van der Waals surface area contributed by atoms with Gasteiger partial charge in [-0.1, -0.05) is 30.4 Å². The van der Waals surface area contributed by atoms with Crippen LogP contribution in [0.25, 0.3) is 0 Å². The van der Waals surface area contributed by atoms with Crippen LogP contribution in [-0.2, 0) is 6.42 Å². The van der Waals surface area contributed by atoms with Gasteiger partial charge in [-0.05, 0) is 35.4 Å². The first kappa shape index (κ1) is 14.4. The molecule has 0 atom stereocenters. The minimum absolute atomic E-state index is 0.321. The molecule has 3 aromatic rings. The average molecular weight is 339 g/mol. The lowest BCUT2D eigenvalue weighted by Crippen LogP contribution is -1.92. The van der Waals surface area contributed by atoms with Gasteiger partial charge in [-0.3, -0.25) is 0 Å². The highest BCUT2D eigenvalue weighted by atomic mass is 32.2. The van der Waals surface area contributed by atoms with Crippen molar-refractivity contribution in [1.82, 2.24) is 19.6 Å². The summed E-state index contributed by atoms with van der Waals surface area (Å²) in [6.45, 7) is 2.01. The quantitative estimate of drug-likeness (QED) is 0.758. The van der Waals surface area contributed by atoms with Crippen LogP contribution in [0.2, 0.25) is 0 Å². The highest BCUT2D eigenvalue weighted by molar-refractivity contribution is 8.02. The summed E-state index contributed by atoms with van der Waals surface area (Å²) in [4.78, 5) is 4.36. The first-order chi connectivity index (χ1) is 10.2. The summed E-state index contributed by atoms with van der Waals surface area (Å²) >= 11 is 4.11. The maximum absolute atomic E-state index is 13.5. The van der Waals surface area contributed by atoms with E-state index in [4.69, 9.17) is 0 Å².